The van der Waals surface area contributed by atoms with Crippen LogP contribution in [-0.2, 0) is 9.05 Å². The summed E-state index contributed by atoms with van der Waals surface area (Å²) in [4.78, 5) is 0.960. The van der Waals surface area contributed by atoms with E-state index < -0.39 is 8.38 Å². The Balaban J connectivity index is 2.48. The van der Waals surface area contributed by atoms with Gasteiger partial charge in [-0.15, -0.1) is 12.6 Å². The maximum Gasteiger partial charge on any atom is 0.183 e. The minimum absolute atomic E-state index is 0.0525. The van der Waals surface area contributed by atoms with E-state index in [2.05, 4.69) is 58.9 Å². The van der Waals surface area contributed by atoms with E-state index in [9.17, 15) is 0 Å². The Morgan fingerprint density at radius 2 is 1.59 bits per heavy atom. The van der Waals surface area contributed by atoms with Crippen molar-refractivity contribution >= 4 is 36.9 Å². The third-order valence-electron chi connectivity index (χ3n) is 3.14. The van der Waals surface area contributed by atoms with Crippen molar-refractivity contribution < 1.29 is 9.05 Å². The SMILES string of the molecule is CCOP(OCC)C(c1ccc(Br)cc1)c1ccccc1S. The van der Waals surface area contributed by atoms with Crippen molar-refractivity contribution in [3.8, 4) is 0 Å². The molecule has 0 aliphatic heterocycles. The Hall–Kier alpha value is -0.380. The van der Waals surface area contributed by atoms with E-state index in [0.717, 1.165) is 14.9 Å². The lowest BCUT2D eigenvalue weighted by Gasteiger charge is -2.27. The van der Waals surface area contributed by atoms with Crippen LogP contribution >= 0.6 is 36.9 Å². The number of hydrogen-bond donors (Lipinski definition) is 1. The summed E-state index contributed by atoms with van der Waals surface area (Å²) in [5.41, 5.74) is 2.37. The van der Waals surface area contributed by atoms with Crippen LogP contribution in [0.25, 0.3) is 0 Å². The number of halogens is 1. The molecule has 2 aromatic rings. The highest BCUT2D eigenvalue weighted by atomic mass is 79.9. The van der Waals surface area contributed by atoms with Gasteiger partial charge in [0.05, 0.1) is 18.9 Å². The lowest BCUT2D eigenvalue weighted by atomic mass is 10.0. The summed E-state index contributed by atoms with van der Waals surface area (Å²) in [7, 11) is -1.07. The first-order chi connectivity index (χ1) is 10.7. The van der Waals surface area contributed by atoms with Crippen molar-refractivity contribution in [2.24, 2.45) is 0 Å². The zero-order valence-electron chi connectivity index (χ0n) is 12.7. The van der Waals surface area contributed by atoms with Gasteiger partial charge in [-0.3, -0.25) is 0 Å². The molecule has 1 atom stereocenters. The summed E-state index contributed by atoms with van der Waals surface area (Å²) in [5.74, 6) is 0. The molecule has 0 amide bonds. The number of thiol groups is 1. The fourth-order valence-corrected chi connectivity index (χ4v) is 4.62. The molecule has 0 aliphatic rings. The van der Waals surface area contributed by atoms with Crippen LogP contribution in [0.4, 0.5) is 0 Å². The molecule has 0 N–H and O–H groups in total. The van der Waals surface area contributed by atoms with Crippen LogP contribution in [0.1, 0.15) is 30.6 Å². The van der Waals surface area contributed by atoms with E-state index in [1.807, 2.05) is 32.0 Å². The predicted molar refractivity (Wildman–Crippen MR) is 99.9 cm³/mol. The van der Waals surface area contributed by atoms with Gasteiger partial charge in [-0.05, 0) is 43.2 Å². The highest BCUT2D eigenvalue weighted by Crippen LogP contribution is 2.57. The van der Waals surface area contributed by atoms with Crippen molar-refractivity contribution in [3.63, 3.8) is 0 Å². The Labute approximate surface area is 147 Å². The van der Waals surface area contributed by atoms with Crippen LogP contribution in [0.15, 0.2) is 57.9 Å². The van der Waals surface area contributed by atoms with E-state index in [0.29, 0.717) is 13.2 Å². The summed E-state index contributed by atoms with van der Waals surface area (Å²) >= 11 is 8.12. The molecule has 5 heteroatoms. The van der Waals surface area contributed by atoms with Crippen LogP contribution in [0.2, 0.25) is 0 Å². The second-order valence-electron chi connectivity index (χ2n) is 4.63. The Kier molecular flexibility index (Phi) is 7.39. The molecule has 0 aliphatic carbocycles. The smallest absolute Gasteiger partial charge is 0.183 e. The fourth-order valence-electron chi connectivity index (χ4n) is 2.22. The predicted octanol–water partition coefficient (Wildman–Crippen LogP) is 6.21. The molecular formula is C17H20BrO2PS. The number of rotatable bonds is 7. The summed E-state index contributed by atoms with van der Waals surface area (Å²) in [5, 5.41) is 0. The molecule has 2 aromatic carbocycles. The molecule has 0 spiro atoms. The maximum atomic E-state index is 5.94. The van der Waals surface area contributed by atoms with Crippen molar-refractivity contribution in [1.82, 2.24) is 0 Å². The van der Waals surface area contributed by atoms with Gasteiger partial charge in [0.25, 0.3) is 0 Å². The van der Waals surface area contributed by atoms with Gasteiger partial charge >= 0.3 is 0 Å². The molecule has 0 radical (unpaired) electrons. The molecular weight excluding hydrogens is 379 g/mol. The lowest BCUT2D eigenvalue weighted by molar-refractivity contribution is 0.265. The lowest BCUT2D eigenvalue weighted by Crippen LogP contribution is -2.05. The van der Waals surface area contributed by atoms with Crippen molar-refractivity contribution in [3.05, 3.63) is 64.1 Å². The van der Waals surface area contributed by atoms with E-state index in [-0.39, 0.29) is 5.66 Å². The van der Waals surface area contributed by atoms with E-state index in [4.69, 9.17) is 9.05 Å². The maximum absolute atomic E-state index is 5.94. The van der Waals surface area contributed by atoms with Crippen LogP contribution in [0.5, 0.6) is 0 Å². The van der Waals surface area contributed by atoms with Crippen LogP contribution in [-0.4, -0.2) is 13.2 Å². The Bertz CT molecular complexity index is 585. The molecule has 22 heavy (non-hydrogen) atoms. The fraction of sp³-hybridized carbons (Fsp3) is 0.294. The molecule has 2 nitrogen and oxygen atoms in total. The topological polar surface area (TPSA) is 18.5 Å². The number of hydrogen-bond acceptors (Lipinski definition) is 3. The zero-order chi connectivity index (χ0) is 15.9. The minimum atomic E-state index is -1.07. The Morgan fingerprint density at radius 1 is 1.00 bits per heavy atom. The molecule has 0 fully saturated rings. The Morgan fingerprint density at radius 3 is 2.14 bits per heavy atom. The summed E-state index contributed by atoms with van der Waals surface area (Å²) in [6, 6.07) is 16.5. The first-order valence-electron chi connectivity index (χ1n) is 7.25. The van der Waals surface area contributed by atoms with Gasteiger partial charge in [0.2, 0.25) is 0 Å². The third kappa shape index (κ3) is 4.56. The normalized spacial score (nSPS) is 12.6. The second-order valence-corrected chi connectivity index (χ2v) is 7.63. The van der Waals surface area contributed by atoms with Gasteiger partial charge in [-0.25, -0.2) is 0 Å². The molecule has 1 unspecified atom stereocenters. The highest BCUT2D eigenvalue weighted by Gasteiger charge is 2.28. The summed E-state index contributed by atoms with van der Waals surface area (Å²) < 4.78 is 12.9. The van der Waals surface area contributed by atoms with Gasteiger partial charge in [-0.2, -0.15) is 0 Å². The van der Waals surface area contributed by atoms with Gasteiger partial charge < -0.3 is 9.05 Å². The average molecular weight is 399 g/mol. The van der Waals surface area contributed by atoms with Gasteiger partial charge in [0.1, 0.15) is 0 Å². The molecule has 2 rings (SSSR count). The van der Waals surface area contributed by atoms with Crippen LogP contribution in [0, 0.1) is 0 Å². The monoisotopic (exact) mass is 398 g/mol. The quantitative estimate of drug-likeness (QED) is 0.441. The highest BCUT2D eigenvalue weighted by molar-refractivity contribution is 9.10. The minimum Gasteiger partial charge on any atom is -0.334 e. The standard InChI is InChI=1S/C17H20BrO2PS/c1-3-19-21(20-4-2)17(13-9-11-14(18)12-10-13)15-7-5-6-8-16(15)22/h5-12,17,22H,3-4H2,1-2H3. The zero-order valence-corrected chi connectivity index (χ0v) is 16.1. The van der Waals surface area contributed by atoms with Crippen molar-refractivity contribution in [1.29, 1.82) is 0 Å². The summed E-state index contributed by atoms with van der Waals surface area (Å²) in [6.07, 6.45) is 0. The van der Waals surface area contributed by atoms with E-state index in [1.165, 1.54) is 5.56 Å². The molecule has 118 valence electrons. The first kappa shape index (κ1) is 18.0. The second kappa shape index (κ2) is 9.05. The average Bonchev–Trinajstić information content (AvgIpc) is 2.52. The van der Waals surface area contributed by atoms with Crippen LogP contribution < -0.4 is 0 Å². The van der Waals surface area contributed by atoms with Gasteiger partial charge in [0, 0.05) is 9.37 Å². The molecule has 0 saturated carbocycles. The third-order valence-corrected chi connectivity index (χ3v) is 6.10. The molecule has 0 heterocycles. The van der Waals surface area contributed by atoms with Crippen molar-refractivity contribution in [2.75, 3.05) is 13.2 Å². The largest absolute Gasteiger partial charge is 0.334 e. The first-order valence-corrected chi connectivity index (χ1v) is 9.74. The number of benzene rings is 2. The summed E-state index contributed by atoms with van der Waals surface area (Å²) in [6.45, 7) is 5.26. The van der Waals surface area contributed by atoms with E-state index in [1.54, 1.807) is 0 Å². The van der Waals surface area contributed by atoms with Crippen LogP contribution in [0.3, 0.4) is 0 Å². The molecule has 0 aromatic heterocycles. The van der Waals surface area contributed by atoms with Gasteiger partial charge in [0.15, 0.2) is 8.38 Å². The molecule has 0 saturated heterocycles. The van der Waals surface area contributed by atoms with E-state index >= 15 is 0 Å². The van der Waals surface area contributed by atoms with Gasteiger partial charge in [-0.1, -0.05) is 46.3 Å². The molecule has 0 bridgehead atoms. The van der Waals surface area contributed by atoms with Crippen molar-refractivity contribution in [2.45, 2.75) is 24.4 Å².